The summed E-state index contributed by atoms with van der Waals surface area (Å²) in [6.45, 7) is 0. The quantitative estimate of drug-likeness (QED) is 0.689. The molecule has 0 aromatic heterocycles. The molecule has 13 heavy (non-hydrogen) atoms. The monoisotopic (exact) mass is 180 g/mol. The number of phenols is 1. The Labute approximate surface area is 76.6 Å². The smallest absolute Gasteiger partial charge is 0.155 e. The van der Waals surface area contributed by atoms with Crippen molar-refractivity contribution in [2.24, 2.45) is 0 Å². The van der Waals surface area contributed by atoms with Crippen LogP contribution in [0.2, 0.25) is 0 Å². The maximum Gasteiger partial charge on any atom is 0.155 e. The summed E-state index contributed by atoms with van der Waals surface area (Å²) < 4.78 is 5.22. The van der Waals surface area contributed by atoms with Crippen molar-refractivity contribution in [3.8, 4) is 5.75 Å². The Balaban J connectivity index is 2.21. The van der Waals surface area contributed by atoms with E-state index < -0.39 is 6.29 Å². The van der Waals surface area contributed by atoms with Gasteiger partial charge in [-0.2, -0.15) is 0 Å². The first kappa shape index (κ1) is 8.53. The molecule has 0 bridgehead atoms. The number of phenolic OH excluding ortho intramolecular Hbond substituents is 1. The van der Waals surface area contributed by atoms with Crippen molar-refractivity contribution in [1.29, 1.82) is 0 Å². The standard InChI is InChI=1S/C10H12O3/c11-8-4-2-1-3-7(8)9-5-6-10(12)13-9/h1-4,9-12H,5-6H2/t9-,10+/m0/s1. The molecule has 0 unspecified atom stereocenters. The molecule has 3 heteroatoms. The van der Waals surface area contributed by atoms with E-state index in [1.807, 2.05) is 12.1 Å². The van der Waals surface area contributed by atoms with Crippen LogP contribution in [0.5, 0.6) is 5.75 Å². The topological polar surface area (TPSA) is 49.7 Å². The number of para-hydroxylation sites is 1. The van der Waals surface area contributed by atoms with Crippen LogP contribution >= 0.6 is 0 Å². The van der Waals surface area contributed by atoms with E-state index >= 15 is 0 Å². The summed E-state index contributed by atoms with van der Waals surface area (Å²) >= 11 is 0. The van der Waals surface area contributed by atoms with Crippen LogP contribution in [0.25, 0.3) is 0 Å². The van der Waals surface area contributed by atoms with E-state index in [-0.39, 0.29) is 11.9 Å². The Morgan fingerprint density at radius 3 is 2.62 bits per heavy atom. The molecule has 2 N–H and O–H groups in total. The van der Waals surface area contributed by atoms with E-state index in [0.29, 0.717) is 6.42 Å². The summed E-state index contributed by atoms with van der Waals surface area (Å²) in [5, 5.41) is 18.6. The largest absolute Gasteiger partial charge is 0.508 e. The second-order valence-electron chi connectivity index (χ2n) is 3.22. The molecule has 3 nitrogen and oxygen atoms in total. The first-order chi connectivity index (χ1) is 6.27. The number of hydrogen-bond acceptors (Lipinski definition) is 3. The van der Waals surface area contributed by atoms with Crippen LogP contribution in [0, 0.1) is 0 Å². The van der Waals surface area contributed by atoms with Gasteiger partial charge in [-0.05, 0) is 12.5 Å². The van der Waals surface area contributed by atoms with Gasteiger partial charge in [0.25, 0.3) is 0 Å². The van der Waals surface area contributed by atoms with E-state index in [2.05, 4.69) is 0 Å². The third kappa shape index (κ3) is 1.66. The summed E-state index contributed by atoms with van der Waals surface area (Å²) in [4.78, 5) is 0. The Hall–Kier alpha value is -1.06. The average Bonchev–Trinajstić information content (AvgIpc) is 2.53. The van der Waals surface area contributed by atoms with Gasteiger partial charge in [0.1, 0.15) is 5.75 Å². The minimum atomic E-state index is -0.676. The predicted molar refractivity (Wildman–Crippen MR) is 47.2 cm³/mol. The van der Waals surface area contributed by atoms with Gasteiger partial charge in [-0.3, -0.25) is 0 Å². The fraction of sp³-hybridized carbons (Fsp3) is 0.400. The lowest BCUT2D eigenvalue weighted by atomic mass is 10.1. The fourth-order valence-corrected chi connectivity index (χ4v) is 1.61. The van der Waals surface area contributed by atoms with Crippen molar-refractivity contribution in [2.45, 2.75) is 25.2 Å². The number of aromatic hydroxyl groups is 1. The van der Waals surface area contributed by atoms with E-state index in [9.17, 15) is 5.11 Å². The Morgan fingerprint density at radius 1 is 1.23 bits per heavy atom. The number of rotatable bonds is 1. The van der Waals surface area contributed by atoms with Crippen LogP contribution in [-0.4, -0.2) is 16.5 Å². The molecule has 0 amide bonds. The third-order valence-corrected chi connectivity index (χ3v) is 2.28. The van der Waals surface area contributed by atoms with Crippen molar-refractivity contribution in [2.75, 3.05) is 0 Å². The molecule has 1 fully saturated rings. The van der Waals surface area contributed by atoms with Crippen molar-refractivity contribution in [3.05, 3.63) is 29.8 Å². The molecule has 1 heterocycles. The maximum atomic E-state index is 9.50. The van der Waals surface area contributed by atoms with Crippen LogP contribution in [0.4, 0.5) is 0 Å². The van der Waals surface area contributed by atoms with Gasteiger partial charge in [0, 0.05) is 12.0 Å². The maximum absolute atomic E-state index is 9.50. The molecular formula is C10H12O3. The highest BCUT2D eigenvalue weighted by molar-refractivity contribution is 5.33. The van der Waals surface area contributed by atoms with Gasteiger partial charge in [0.15, 0.2) is 6.29 Å². The molecule has 0 radical (unpaired) electrons. The highest BCUT2D eigenvalue weighted by Gasteiger charge is 2.26. The SMILES string of the molecule is Oc1ccccc1[C@@H]1CC[C@H](O)O1. The highest BCUT2D eigenvalue weighted by Crippen LogP contribution is 2.35. The minimum Gasteiger partial charge on any atom is -0.508 e. The summed E-state index contributed by atoms with van der Waals surface area (Å²) in [6.07, 6.45) is 0.568. The summed E-state index contributed by atoms with van der Waals surface area (Å²) in [7, 11) is 0. The van der Waals surface area contributed by atoms with E-state index in [0.717, 1.165) is 12.0 Å². The molecule has 0 spiro atoms. The predicted octanol–water partition coefficient (Wildman–Crippen LogP) is 1.56. The molecule has 1 aliphatic heterocycles. The highest BCUT2D eigenvalue weighted by atomic mass is 16.6. The number of hydrogen-bond donors (Lipinski definition) is 2. The van der Waals surface area contributed by atoms with Crippen molar-refractivity contribution < 1.29 is 14.9 Å². The van der Waals surface area contributed by atoms with Crippen molar-refractivity contribution >= 4 is 0 Å². The first-order valence-electron chi connectivity index (χ1n) is 4.39. The average molecular weight is 180 g/mol. The van der Waals surface area contributed by atoms with Crippen LogP contribution in [0.1, 0.15) is 24.5 Å². The number of ether oxygens (including phenoxy) is 1. The number of aliphatic hydroxyl groups excluding tert-OH is 1. The van der Waals surface area contributed by atoms with Crippen molar-refractivity contribution in [1.82, 2.24) is 0 Å². The Morgan fingerprint density at radius 2 is 2.00 bits per heavy atom. The number of aliphatic hydroxyl groups is 1. The lowest BCUT2D eigenvalue weighted by molar-refractivity contribution is -0.0917. The molecule has 2 atom stereocenters. The summed E-state index contributed by atoms with van der Waals surface area (Å²) in [5.41, 5.74) is 0.763. The van der Waals surface area contributed by atoms with Crippen LogP contribution < -0.4 is 0 Å². The van der Waals surface area contributed by atoms with E-state index in [4.69, 9.17) is 9.84 Å². The van der Waals surface area contributed by atoms with Crippen LogP contribution in [0.15, 0.2) is 24.3 Å². The van der Waals surface area contributed by atoms with Crippen LogP contribution in [-0.2, 0) is 4.74 Å². The van der Waals surface area contributed by atoms with Gasteiger partial charge in [0.2, 0.25) is 0 Å². The number of benzene rings is 1. The molecule has 1 aromatic carbocycles. The van der Waals surface area contributed by atoms with Crippen LogP contribution in [0.3, 0.4) is 0 Å². The zero-order chi connectivity index (χ0) is 9.26. The molecular weight excluding hydrogens is 168 g/mol. The fourth-order valence-electron chi connectivity index (χ4n) is 1.61. The second kappa shape index (κ2) is 3.36. The second-order valence-corrected chi connectivity index (χ2v) is 3.22. The minimum absolute atomic E-state index is 0.156. The van der Waals surface area contributed by atoms with Gasteiger partial charge in [-0.25, -0.2) is 0 Å². The molecule has 2 rings (SSSR count). The van der Waals surface area contributed by atoms with Crippen molar-refractivity contribution in [3.63, 3.8) is 0 Å². The zero-order valence-electron chi connectivity index (χ0n) is 7.18. The summed E-state index contributed by atoms with van der Waals surface area (Å²) in [5.74, 6) is 0.238. The Bertz CT molecular complexity index is 298. The first-order valence-corrected chi connectivity index (χ1v) is 4.39. The Kier molecular flexibility index (Phi) is 2.20. The molecule has 0 saturated carbocycles. The van der Waals surface area contributed by atoms with Gasteiger partial charge in [0.05, 0.1) is 6.10 Å². The molecule has 0 aliphatic carbocycles. The molecule has 1 aromatic rings. The normalized spacial score (nSPS) is 27.8. The summed E-state index contributed by atoms with van der Waals surface area (Å²) in [6, 6.07) is 7.06. The van der Waals surface area contributed by atoms with Gasteiger partial charge >= 0.3 is 0 Å². The van der Waals surface area contributed by atoms with E-state index in [1.165, 1.54) is 0 Å². The zero-order valence-corrected chi connectivity index (χ0v) is 7.18. The lowest BCUT2D eigenvalue weighted by Gasteiger charge is -2.11. The van der Waals surface area contributed by atoms with Gasteiger partial charge < -0.3 is 14.9 Å². The van der Waals surface area contributed by atoms with E-state index in [1.54, 1.807) is 12.1 Å². The molecule has 70 valence electrons. The molecule has 1 saturated heterocycles. The molecule has 1 aliphatic rings. The third-order valence-electron chi connectivity index (χ3n) is 2.28. The lowest BCUT2D eigenvalue weighted by Crippen LogP contribution is -2.04. The van der Waals surface area contributed by atoms with Gasteiger partial charge in [-0.15, -0.1) is 0 Å². The van der Waals surface area contributed by atoms with Gasteiger partial charge in [-0.1, -0.05) is 18.2 Å².